The zero-order chi connectivity index (χ0) is 13.9. The fourth-order valence-corrected chi connectivity index (χ4v) is 2.69. The van der Waals surface area contributed by atoms with Gasteiger partial charge in [0.25, 0.3) is 0 Å². The van der Waals surface area contributed by atoms with Crippen molar-refractivity contribution in [3.8, 4) is 0 Å². The van der Waals surface area contributed by atoms with Gasteiger partial charge in [-0.2, -0.15) is 0 Å². The van der Waals surface area contributed by atoms with Gasteiger partial charge in [-0.1, -0.05) is 61.0 Å². The van der Waals surface area contributed by atoms with Crippen molar-refractivity contribution < 1.29 is 0 Å². The van der Waals surface area contributed by atoms with Crippen LogP contribution < -0.4 is 5.73 Å². The number of rotatable bonds is 4. The van der Waals surface area contributed by atoms with Gasteiger partial charge in [0.05, 0.1) is 0 Å². The van der Waals surface area contributed by atoms with Gasteiger partial charge in [-0.3, -0.25) is 0 Å². The molecule has 2 aromatic carbocycles. The third kappa shape index (κ3) is 3.37. The van der Waals surface area contributed by atoms with E-state index in [1.54, 1.807) is 0 Å². The minimum absolute atomic E-state index is 0.452. The molecule has 1 unspecified atom stereocenters. The summed E-state index contributed by atoms with van der Waals surface area (Å²) in [4.78, 5) is 0. The summed E-state index contributed by atoms with van der Waals surface area (Å²) < 4.78 is 0. The summed E-state index contributed by atoms with van der Waals surface area (Å²) >= 11 is 6.24. The van der Waals surface area contributed by atoms with Gasteiger partial charge in [0.2, 0.25) is 0 Å². The molecule has 2 rings (SSSR count). The van der Waals surface area contributed by atoms with Crippen molar-refractivity contribution in [2.45, 2.75) is 32.2 Å². The Kier molecular flexibility index (Phi) is 4.28. The molecule has 0 radical (unpaired) electrons. The van der Waals surface area contributed by atoms with Crippen molar-refractivity contribution in [2.75, 3.05) is 0 Å². The molecule has 0 spiro atoms. The summed E-state index contributed by atoms with van der Waals surface area (Å²) in [6.45, 7) is 4.19. The standard InChI is InChI=1S/C17H20ClN/c1-3-13-8-10-14(11-9-13)12-17(2,19)15-6-4-5-7-16(15)18/h4-11H,3,12,19H2,1-2H3. The van der Waals surface area contributed by atoms with Gasteiger partial charge in [0, 0.05) is 10.6 Å². The zero-order valence-electron chi connectivity index (χ0n) is 11.5. The number of aryl methyl sites for hydroxylation is 1. The highest BCUT2D eigenvalue weighted by Crippen LogP contribution is 2.28. The van der Waals surface area contributed by atoms with Gasteiger partial charge in [0.1, 0.15) is 0 Å². The van der Waals surface area contributed by atoms with E-state index in [2.05, 4.69) is 31.2 Å². The van der Waals surface area contributed by atoms with Crippen LogP contribution in [0.25, 0.3) is 0 Å². The maximum atomic E-state index is 6.46. The van der Waals surface area contributed by atoms with E-state index in [4.69, 9.17) is 17.3 Å². The fourth-order valence-electron chi connectivity index (χ4n) is 2.34. The lowest BCUT2D eigenvalue weighted by molar-refractivity contribution is 0.491. The van der Waals surface area contributed by atoms with E-state index in [9.17, 15) is 0 Å². The lowest BCUT2D eigenvalue weighted by Crippen LogP contribution is -2.35. The molecule has 0 fully saturated rings. The highest BCUT2D eigenvalue weighted by Gasteiger charge is 2.23. The molecule has 0 aromatic heterocycles. The van der Waals surface area contributed by atoms with E-state index in [0.717, 1.165) is 23.4 Å². The van der Waals surface area contributed by atoms with Gasteiger partial charge in [-0.05, 0) is 42.5 Å². The van der Waals surface area contributed by atoms with E-state index in [-0.39, 0.29) is 0 Å². The van der Waals surface area contributed by atoms with Crippen LogP contribution in [0.2, 0.25) is 5.02 Å². The molecule has 0 saturated carbocycles. The summed E-state index contributed by atoms with van der Waals surface area (Å²) in [5, 5.41) is 0.734. The van der Waals surface area contributed by atoms with Crippen LogP contribution in [0.3, 0.4) is 0 Å². The summed E-state index contributed by atoms with van der Waals surface area (Å²) in [6.07, 6.45) is 1.84. The number of nitrogens with two attached hydrogens (primary N) is 1. The smallest absolute Gasteiger partial charge is 0.0456 e. The van der Waals surface area contributed by atoms with Crippen molar-refractivity contribution in [1.82, 2.24) is 0 Å². The number of halogens is 1. The van der Waals surface area contributed by atoms with Crippen molar-refractivity contribution in [3.63, 3.8) is 0 Å². The van der Waals surface area contributed by atoms with Gasteiger partial charge in [-0.25, -0.2) is 0 Å². The van der Waals surface area contributed by atoms with Crippen LogP contribution in [0.1, 0.15) is 30.5 Å². The minimum Gasteiger partial charge on any atom is -0.321 e. The molecule has 100 valence electrons. The average molecular weight is 274 g/mol. The fraction of sp³-hybridized carbons (Fsp3) is 0.294. The van der Waals surface area contributed by atoms with E-state index in [1.807, 2.05) is 31.2 Å². The van der Waals surface area contributed by atoms with Crippen LogP contribution in [0.4, 0.5) is 0 Å². The Labute approximate surface area is 120 Å². The Hall–Kier alpha value is -1.31. The quantitative estimate of drug-likeness (QED) is 0.882. The van der Waals surface area contributed by atoms with Crippen molar-refractivity contribution in [2.24, 2.45) is 5.73 Å². The van der Waals surface area contributed by atoms with Crippen molar-refractivity contribution in [3.05, 3.63) is 70.2 Å². The number of benzene rings is 2. The summed E-state index contributed by atoms with van der Waals surface area (Å²) in [5.41, 5.74) is 9.59. The summed E-state index contributed by atoms with van der Waals surface area (Å²) in [5.74, 6) is 0. The largest absolute Gasteiger partial charge is 0.321 e. The molecule has 2 aromatic rings. The molecule has 0 aliphatic heterocycles. The molecule has 2 heteroatoms. The van der Waals surface area contributed by atoms with E-state index >= 15 is 0 Å². The lowest BCUT2D eigenvalue weighted by atomic mass is 9.86. The first-order valence-electron chi connectivity index (χ1n) is 6.64. The maximum absolute atomic E-state index is 6.46. The first kappa shape index (κ1) is 14.1. The molecule has 19 heavy (non-hydrogen) atoms. The zero-order valence-corrected chi connectivity index (χ0v) is 12.2. The molecule has 0 heterocycles. The lowest BCUT2D eigenvalue weighted by Gasteiger charge is -2.26. The van der Waals surface area contributed by atoms with E-state index < -0.39 is 5.54 Å². The molecule has 0 bridgehead atoms. The normalized spacial score (nSPS) is 14.1. The van der Waals surface area contributed by atoms with Gasteiger partial charge in [-0.15, -0.1) is 0 Å². The molecule has 0 aliphatic carbocycles. The summed E-state index contributed by atoms with van der Waals surface area (Å²) in [6, 6.07) is 16.4. The number of hydrogen-bond donors (Lipinski definition) is 1. The Bertz CT molecular complexity index is 543. The van der Waals surface area contributed by atoms with Crippen LogP contribution in [0.5, 0.6) is 0 Å². The second-order valence-corrected chi connectivity index (χ2v) is 5.65. The van der Waals surface area contributed by atoms with Crippen LogP contribution in [-0.4, -0.2) is 0 Å². The van der Waals surface area contributed by atoms with Crippen LogP contribution >= 0.6 is 11.6 Å². The van der Waals surface area contributed by atoms with Gasteiger partial charge in [0.15, 0.2) is 0 Å². The first-order chi connectivity index (χ1) is 9.03. The average Bonchev–Trinajstić information content (AvgIpc) is 2.39. The van der Waals surface area contributed by atoms with Crippen LogP contribution in [0.15, 0.2) is 48.5 Å². The second-order valence-electron chi connectivity index (χ2n) is 5.24. The second kappa shape index (κ2) is 5.77. The first-order valence-corrected chi connectivity index (χ1v) is 7.02. The van der Waals surface area contributed by atoms with Crippen LogP contribution in [0, 0.1) is 0 Å². The highest BCUT2D eigenvalue weighted by atomic mass is 35.5. The van der Waals surface area contributed by atoms with Crippen molar-refractivity contribution in [1.29, 1.82) is 0 Å². The van der Waals surface area contributed by atoms with Crippen LogP contribution in [-0.2, 0) is 18.4 Å². The third-order valence-electron chi connectivity index (χ3n) is 3.49. The molecular weight excluding hydrogens is 254 g/mol. The molecule has 1 atom stereocenters. The molecule has 0 amide bonds. The highest BCUT2D eigenvalue weighted by molar-refractivity contribution is 6.31. The minimum atomic E-state index is -0.452. The SMILES string of the molecule is CCc1ccc(CC(C)(N)c2ccccc2Cl)cc1. The van der Waals surface area contributed by atoms with Gasteiger partial charge < -0.3 is 5.73 Å². The van der Waals surface area contributed by atoms with Crippen molar-refractivity contribution >= 4 is 11.6 Å². The molecule has 1 nitrogen and oxygen atoms in total. The van der Waals surface area contributed by atoms with Gasteiger partial charge >= 0.3 is 0 Å². The summed E-state index contributed by atoms with van der Waals surface area (Å²) in [7, 11) is 0. The van der Waals surface area contributed by atoms with E-state index in [1.165, 1.54) is 11.1 Å². The predicted octanol–water partition coefficient (Wildman–Crippen LogP) is 4.32. The Morgan fingerprint density at radius 2 is 1.58 bits per heavy atom. The Morgan fingerprint density at radius 3 is 2.16 bits per heavy atom. The number of hydrogen-bond acceptors (Lipinski definition) is 1. The van der Waals surface area contributed by atoms with E-state index in [0.29, 0.717) is 0 Å². The maximum Gasteiger partial charge on any atom is 0.0456 e. The molecule has 0 aliphatic rings. The molecule has 0 saturated heterocycles. The molecular formula is C17H20ClN. The Balaban J connectivity index is 2.23. The third-order valence-corrected chi connectivity index (χ3v) is 3.82. The molecule has 2 N–H and O–H groups in total. The predicted molar refractivity (Wildman–Crippen MR) is 82.5 cm³/mol. The Morgan fingerprint density at radius 1 is 1.00 bits per heavy atom. The monoisotopic (exact) mass is 273 g/mol. The topological polar surface area (TPSA) is 26.0 Å².